The highest BCUT2D eigenvalue weighted by molar-refractivity contribution is 7.92. The third-order valence-electron chi connectivity index (χ3n) is 5.16. The maximum atomic E-state index is 13.1. The van der Waals surface area contributed by atoms with E-state index < -0.39 is 16.1 Å². The van der Waals surface area contributed by atoms with Gasteiger partial charge in [0, 0.05) is 12.1 Å². The molecule has 0 unspecified atom stereocenters. The van der Waals surface area contributed by atoms with Crippen LogP contribution in [0.25, 0.3) is 0 Å². The fraction of sp³-hybridized carbons (Fsp3) is 0.217. The van der Waals surface area contributed by atoms with Crippen LogP contribution in [-0.2, 0) is 10.0 Å². The topological polar surface area (TPSA) is 110 Å². The molecule has 1 N–H and O–H groups in total. The van der Waals surface area contributed by atoms with Crippen LogP contribution in [0, 0.1) is 0 Å². The summed E-state index contributed by atoms with van der Waals surface area (Å²) < 4.78 is 41.4. The molecule has 1 aromatic heterocycles. The second kappa shape index (κ2) is 8.99. The number of sulfonamides is 1. The van der Waals surface area contributed by atoms with Gasteiger partial charge < -0.3 is 13.9 Å². The predicted molar refractivity (Wildman–Crippen MR) is 123 cm³/mol. The maximum absolute atomic E-state index is 13.1. The van der Waals surface area contributed by atoms with Crippen molar-refractivity contribution in [3.8, 4) is 11.5 Å². The number of ether oxygens (including phenoxy) is 2. The van der Waals surface area contributed by atoms with Crippen molar-refractivity contribution in [2.45, 2.75) is 12.5 Å². The van der Waals surface area contributed by atoms with Crippen LogP contribution in [0.1, 0.15) is 34.1 Å². The van der Waals surface area contributed by atoms with Gasteiger partial charge in [-0.05, 0) is 47.5 Å². The van der Waals surface area contributed by atoms with Crippen LogP contribution < -0.4 is 14.2 Å². The molecule has 0 spiro atoms. The second-order valence-corrected chi connectivity index (χ2v) is 9.21. The summed E-state index contributed by atoms with van der Waals surface area (Å²) in [7, 11) is -0.267. The van der Waals surface area contributed by atoms with Gasteiger partial charge in [-0.2, -0.15) is 5.10 Å². The van der Waals surface area contributed by atoms with Crippen LogP contribution in [0.3, 0.4) is 0 Å². The number of benzene rings is 2. The van der Waals surface area contributed by atoms with Gasteiger partial charge in [-0.1, -0.05) is 18.2 Å². The first-order valence-electron chi connectivity index (χ1n) is 10.0. The minimum Gasteiger partial charge on any atom is -0.493 e. The minimum atomic E-state index is -3.38. The van der Waals surface area contributed by atoms with E-state index in [2.05, 4.69) is 9.82 Å². The normalized spacial score (nSPS) is 15.8. The first-order chi connectivity index (χ1) is 15.8. The summed E-state index contributed by atoms with van der Waals surface area (Å²) in [6, 6.07) is 15.1. The van der Waals surface area contributed by atoms with Crippen molar-refractivity contribution < 1.29 is 27.1 Å². The van der Waals surface area contributed by atoms with Gasteiger partial charge in [-0.25, -0.2) is 13.4 Å². The molecule has 1 aliphatic heterocycles. The number of nitrogens with one attached hydrogen (secondary N) is 1. The fourth-order valence-electron chi connectivity index (χ4n) is 3.65. The summed E-state index contributed by atoms with van der Waals surface area (Å²) in [6.45, 7) is 0. The van der Waals surface area contributed by atoms with Gasteiger partial charge in [0.25, 0.3) is 0 Å². The number of furan rings is 1. The smallest absolute Gasteiger partial charge is 0.310 e. The SMILES string of the molecule is COc1ccc([C@@H]2CC(c3ccc(NS(C)(=O)=O)cc3)=NN2C(=O)c2ccco2)cc1OC. The number of amides is 1. The number of rotatable bonds is 7. The standard InChI is InChI=1S/C23H23N3O6S/c1-30-20-11-8-16(13-22(20)31-2)19-14-18(24-26(19)23(27)21-5-4-12-32-21)15-6-9-17(10-7-15)25-33(3,28)29/h4-13,19,25H,14H2,1-3H3/t19-/m0/s1. The van der Waals surface area contributed by atoms with Crippen LogP contribution in [0.2, 0.25) is 0 Å². The number of hydrogen-bond acceptors (Lipinski definition) is 7. The number of nitrogens with zero attached hydrogens (tertiary/aromatic N) is 2. The monoisotopic (exact) mass is 469 g/mol. The number of hydrogen-bond donors (Lipinski definition) is 1. The summed E-state index contributed by atoms with van der Waals surface area (Å²) >= 11 is 0. The van der Waals surface area contributed by atoms with Gasteiger partial charge in [0.05, 0.1) is 38.5 Å². The molecule has 0 bridgehead atoms. The lowest BCUT2D eigenvalue weighted by atomic mass is 9.98. The Bertz CT molecular complexity index is 1280. The first kappa shape index (κ1) is 22.4. The Balaban J connectivity index is 1.69. The molecule has 0 fully saturated rings. The minimum absolute atomic E-state index is 0.179. The summed E-state index contributed by atoms with van der Waals surface area (Å²) in [5, 5.41) is 6.00. The van der Waals surface area contributed by atoms with Gasteiger partial charge in [-0.15, -0.1) is 0 Å². The van der Waals surface area contributed by atoms with E-state index in [1.165, 1.54) is 11.3 Å². The Morgan fingerprint density at radius 2 is 1.82 bits per heavy atom. The Morgan fingerprint density at radius 1 is 1.09 bits per heavy atom. The molecule has 0 saturated carbocycles. The Hall–Kier alpha value is -3.79. The number of hydrazone groups is 1. The average molecular weight is 470 g/mol. The molecule has 2 heterocycles. The van der Waals surface area contributed by atoms with E-state index in [-0.39, 0.29) is 11.7 Å². The number of anilines is 1. The molecule has 1 amide bonds. The fourth-order valence-corrected chi connectivity index (χ4v) is 4.21. The molecular formula is C23H23N3O6S. The molecule has 0 saturated heterocycles. The largest absolute Gasteiger partial charge is 0.493 e. The highest BCUT2D eigenvalue weighted by Gasteiger charge is 2.35. The molecule has 3 aromatic rings. The lowest BCUT2D eigenvalue weighted by molar-refractivity contribution is 0.0678. The van der Waals surface area contributed by atoms with Crippen molar-refractivity contribution in [1.29, 1.82) is 0 Å². The molecular weight excluding hydrogens is 446 g/mol. The highest BCUT2D eigenvalue weighted by atomic mass is 32.2. The summed E-state index contributed by atoms with van der Waals surface area (Å²) in [5.41, 5.74) is 2.72. The number of carbonyl (C=O) groups excluding carboxylic acids is 1. The number of methoxy groups -OCH3 is 2. The van der Waals surface area contributed by atoms with E-state index >= 15 is 0 Å². The molecule has 4 rings (SSSR count). The molecule has 10 heteroatoms. The van der Waals surface area contributed by atoms with Gasteiger partial charge in [0.1, 0.15) is 0 Å². The Morgan fingerprint density at radius 3 is 2.42 bits per heavy atom. The van der Waals surface area contributed by atoms with Crippen molar-refractivity contribution in [2.75, 3.05) is 25.2 Å². The van der Waals surface area contributed by atoms with E-state index in [0.717, 1.165) is 17.4 Å². The zero-order valence-electron chi connectivity index (χ0n) is 18.3. The van der Waals surface area contributed by atoms with Crippen molar-refractivity contribution in [3.05, 3.63) is 77.7 Å². The summed E-state index contributed by atoms with van der Waals surface area (Å²) in [6.07, 6.45) is 2.97. The van der Waals surface area contributed by atoms with Crippen LogP contribution in [0.4, 0.5) is 5.69 Å². The third kappa shape index (κ3) is 4.85. The van der Waals surface area contributed by atoms with Gasteiger partial charge in [0.15, 0.2) is 17.3 Å². The molecule has 0 aliphatic carbocycles. The van der Waals surface area contributed by atoms with Crippen LogP contribution in [0.15, 0.2) is 70.4 Å². The third-order valence-corrected chi connectivity index (χ3v) is 5.77. The van der Waals surface area contributed by atoms with Gasteiger partial charge >= 0.3 is 5.91 Å². The zero-order valence-corrected chi connectivity index (χ0v) is 19.1. The van der Waals surface area contributed by atoms with Gasteiger partial charge in [0.2, 0.25) is 10.0 Å². The quantitative estimate of drug-likeness (QED) is 0.565. The van der Waals surface area contributed by atoms with Gasteiger partial charge in [-0.3, -0.25) is 9.52 Å². The van der Waals surface area contributed by atoms with E-state index in [0.29, 0.717) is 29.3 Å². The molecule has 1 atom stereocenters. The molecule has 9 nitrogen and oxygen atoms in total. The zero-order chi connectivity index (χ0) is 23.6. The molecule has 2 aromatic carbocycles. The van der Waals surface area contributed by atoms with Crippen molar-refractivity contribution in [3.63, 3.8) is 0 Å². The maximum Gasteiger partial charge on any atom is 0.310 e. The molecule has 33 heavy (non-hydrogen) atoms. The van der Waals surface area contributed by atoms with Crippen molar-refractivity contribution in [2.24, 2.45) is 5.10 Å². The van der Waals surface area contributed by atoms with E-state index in [4.69, 9.17) is 13.9 Å². The molecule has 0 radical (unpaired) electrons. The molecule has 1 aliphatic rings. The lowest BCUT2D eigenvalue weighted by Crippen LogP contribution is -2.26. The van der Waals surface area contributed by atoms with E-state index in [1.807, 2.05) is 12.1 Å². The van der Waals surface area contributed by atoms with E-state index in [1.54, 1.807) is 56.7 Å². The average Bonchev–Trinajstić information content (AvgIpc) is 3.48. The lowest BCUT2D eigenvalue weighted by Gasteiger charge is -2.22. The highest BCUT2D eigenvalue weighted by Crippen LogP contribution is 2.38. The predicted octanol–water partition coefficient (Wildman–Crippen LogP) is 3.66. The van der Waals surface area contributed by atoms with Crippen molar-refractivity contribution >= 4 is 27.3 Å². The number of carbonyl (C=O) groups is 1. The Labute approximate surface area is 191 Å². The van der Waals surface area contributed by atoms with Crippen LogP contribution >= 0.6 is 0 Å². The first-order valence-corrected chi connectivity index (χ1v) is 11.9. The van der Waals surface area contributed by atoms with Crippen LogP contribution in [-0.4, -0.2) is 45.5 Å². The summed E-state index contributed by atoms with van der Waals surface area (Å²) in [4.78, 5) is 13.1. The van der Waals surface area contributed by atoms with E-state index in [9.17, 15) is 13.2 Å². The van der Waals surface area contributed by atoms with Crippen molar-refractivity contribution in [1.82, 2.24) is 5.01 Å². The van der Waals surface area contributed by atoms with Crippen LogP contribution in [0.5, 0.6) is 11.5 Å². The Kier molecular flexibility index (Phi) is 6.10. The molecule has 172 valence electrons. The summed E-state index contributed by atoms with van der Waals surface area (Å²) in [5.74, 6) is 0.937. The second-order valence-electron chi connectivity index (χ2n) is 7.46.